The van der Waals surface area contributed by atoms with Gasteiger partial charge in [0, 0.05) is 37.6 Å². The molecule has 2 aliphatic heterocycles. The number of carbonyl (C=O) groups excluding carboxylic acids is 1. The molecule has 4 heterocycles. The maximum Gasteiger partial charge on any atom is 0.255 e. The molecule has 2 fully saturated rings. The second kappa shape index (κ2) is 7.71. The Morgan fingerprint density at radius 1 is 1.19 bits per heavy atom. The highest BCUT2D eigenvalue weighted by atomic mass is 35.5. The van der Waals surface area contributed by atoms with Gasteiger partial charge in [0.2, 0.25) is 0 Å². The molecule has 2 aliphatic rings. The molecule has 2 atom stereocenters. The first-order valence-corrected chi connectivity index (χ1v) is 8.78. The number of rotatable bonds is 2. The van der Waals surface area contributed by atoms with Gasteiger partial charge in [0.1, 0.15) is 0 Å². The van der Waals surface area contributed by atoms with E-state index >= 15 is 0 Å². The quantitative estimate of drug-likeness (QED) is 0.842. The molecule has 2 aromatic heterocycles. The van der Waals surface area contributed by atoms with E-state index in [0.29, 0.717) is 23.7 Å². The summed E-state index contributed by atoms with van der Waals surface area (Å²) in [5, 5.41) is 9.02. The van der Waals surface area contributed by atoms with Crippen molar-refractivity contribution in [1.29, 1.82) is 0 Å². The number of hydrogen-bond acceptors (Lipinski definition) is 4. The van der Waals surface area contributed by atoms with E-state index in [2.05, 4.69) is 15.4 Å². The molecule has 2 unspecified atom stereocenters. The van der Waals surface area contributed by atoms with Crippen LogP contribution in [0.5, 0.6) is 0 Å². The van der Waals surface area contributed by atoms with Crippen molar-refractivity contribution in [2.24, 2.45) is 7.05 Å². The summed E-state index contributed by atoms with van der Waals surface area (Å²) in [6.45, 7) is 3.87. The van der Waals surface area contributed by atoms with Crippen molar-refractivity contribution in [3.63, 3.8) is 0 Å². The Morgan fingerprint density at radius 3 is 2.42 bits per heavy atom. The van der Waals surface area contributed by atoms with Crippen molar-refractivity contribution in [2.45, 2.75) is 57.7 Å². The highest BCUT2D eigenvalue weighted by molar-refractivity contribution is 5.98. The van der Waals surface area contributed by atoms with E-state index in [4.69, 9.17) is 0 Å². The topological polar surface area (TPSA) is 63.1 Å². The average molecular weight is 400 g/mol. The fraction of sp³-hybridized carbons (Fsp3) is 0.611. The third-order valence-corrected chi connectivity index (χ3v) is 5.74. The van der Waals surface area contributed by atoms with Gasteiger partial charge in [0.25, 0.3) is 5.91 Å². The van der Waals surface area contributed by atoms with Crippen LogP contribution >= 0.6 is 24.8 Å². The number of aryl methyl sites for hydroxylation is 3. The third-order valence-electron chi connectivity index (χ3n) is 5.74. The number of halogens is 2. The highest BCUT2D eigenvalue weighted by Gasteiger charge is 2.36. The number of amides is 1. The number of piperidine rings is 1. The number of aromatic nitrogens is 3. The molecule has 0 aliphatic carbocycles. The van der Waals surface area contributed by atoms with E-state index in [1.807, 2.05) is 38.9 Å². The lowest BCUT2D eigenvalue weighted by molar-refractivity contribution is 0.0680. The Morgan fingerprint density at radius 2 is 1.81 bits per heavy atom. The first-order valence-electron chi connectivity index (χ1n) is 8.78. The van der Waals surface area contributed by atoms with E-state index < -0.39 is 0 Å². The van der Waals surface area contributed by atoms with Crippen LogP contribution in [-0.4, -0.2) is 50.7 Å². The minimum absolute atomic E-state index is 0. The maximum atomic E-state index is 13.1. The van der Waals surface area contributed by atoms with Gasteiger partial charge in [0.15, 0.2) is 5.65 Å². The zero-order valence-corrected chi connectivity index (χ0v) is 17.3. The molecule has 0 radical (unpaired) electrons. The standard InChI is InChI=1S/C18H25N5O.2ClH/c1-10-16(9-15-11(2)21-23(4)17(15)19-10)18(24)22(3)14-7-12-5-6-13(8-14)20-12;;/h9,12-14,20H,5-8H2,1-4H3;2*1H. The van der Waals surface area contributed by atoms with Crippen LogP contribution in [0.15, 0.2) is 6.07 Å². The van der Waals surface area contributed by atoms with Gasteiger partial charge in [-0.3, -0.25) is 9.48 Å². The van der Waals surface area contributed by atoms with Crippen LogP contribution in [0.4, 0.5) is 0 Å². The summed E-state index contributed by atoms with van der Waals surface area (Å²) in [5.74, 6) is 0.0800. The molecule has 144 valence electrons. The van der Waals surface area contributed by atoms with Gasteiger partial charge in [-0.25, -0.2) is 4.98 Å². The van der Waals surface area contributed by atoms with Crippen LogP contribution in [0.2, 0.25) is 0 Å². The number of nitrogens with zero attached hydrogens (tertiary/aromatic N) is 4. The lowest BCUT2D eigenvalue weighted by Crippen LogP contribution is -2.48. The normalized spacial score (nSPS) is 24.1. The Hall–Kier alpha value is -1.37. The fourth-order valence-corrected chi connectivity index (χ4v) is 4.35. The maximum absolute atomic E-state index is 13.1. The molecule has 2 aromatic rings. The van der Waals surface area contributed by atoms with Crippen molar-refractivity contribution in [3.8, 4) is 0 Å². The second-order valence-corrected chi connectivity index (χ2v) is 7.38. The van der Waals surface area contributed by atoms with Gasteiger partial charge in [-0.2, -0.15) is 5.10 Å². The molecule has 2 saturated heterocycles. The Labute approximate surface area is 166 Å². The molecule has 0 saturated carbocycles. The molecule has 0 spiro atoms. The number of carbonyl (C=O) groups is 1. The second-order valence-electron chi connectivity index (χ2n) is 7.38. The number of nitrogens with one attached hydrogen (secondary N) is 1. The highest BCUT2D eigenvalue weighted by Crippen LogP contribution is 2.30. The molecular weight excluding hydrogens is 373 g/mol. The number of fused-ring (bicyclic) bond motifs is 3. The molecule has 4 rings (SSSR count). The molecule has 0 aromatic carbocycles. The summed E-state index contributed by atoms with van der Waals surface area (Å²) in [7, 11) is 3.83. The molecule has 26 heavy (non-hydrogen) atoms. The molecule has 8 heteroatoms. The molecule has 1 amide bonds. The van der Waals surface area contributed by atoms with E-state index in [0.717, 1.165) is 35.3 Å². The van der Waals surface area contributed by atoms with E-state index in [1.165, 1.54) is 12.8 Å². The lowest BCUT2D eigenvalue weighted by Gasteiger charge is -2.35. The van der Waals surface area contributed by atoms with Crippen LogP contribution < -0.4 is 5.32 Å². The molecular formula is C18H27Cl2N5O. The first-order chi connectivity index (χ1) is 11.4. The van der Waals surface area contributed by atoms with Gasteiger partial charge in [0.05, 0.1) is 17.0 Å². The summed E-state index contributed by atoms with van der Waals surface area (Å²) in [6.07, 6.45) is 4.59. The van der Waals surface area contributed by atoms with Crippen LogP contribution in [-0.2, 0) is 7.05 Å². The SMILES string of the molecule is Cc1nc2c(cc1C(=O)N(C)C1CC3CCC(C1)N3)c(C)nn2C.Cl.Cl. The van der Waals surface area contributed by atoms with Crippen LogP contribution in [0.1, 0.15) is 47.4 Å². The van der Waals surface area contributed by atoms with Gasteiger partial charge in [-0.05, 0) is 45.6 Å². The van der Waals surface area contributed by atoms with Crippen molar-refractivity contribution in [3.05, 3.63) is 23.0 Å². The van der Waals surface area contributed by atoms with Crippen LogP contribution in [0, 0.1) is 13.8 Å². The zero-order chi connectivity index (χ0) is 17.0. The Bertz CT molecular complexity index is 810. The van der Waals surface area contributed by atoms with Crippen LogP contribution in [0.25, 0.3) is 11.0 Å². The summed E-state index contributed by atoms with van der Waals surface area (Å²) in [4.78, 5) is 19.7. The smallest absolute Gasteiger partial charge is 0.255 e. The summed E-state index contributed by atoms with van der Waals surface area (Å²) >= 11 is 0. The third kappa shape index (κ3) is 3.42. The van der Waals surface area contributed by atoms with E-state index in [9.17, 15) is 4.79 Å². The fourth-order valence-electron chi connectivity index (χ4n) is 4.35. The average Bonchev–Trinajstić information content (AvgIpc) is 3.04. The molecule has 1 N–H and O–H groups in total. The summed E-state index contributed by atoms with van der Waals surface area (Å²) in [5.41, 5.74) is 3.23. The van der Waals surface area contributed by atoms with Gasteiger partial charge >= 0.3 is 0 Å². The summed E-state index contributed by atoms with van der Waals surface area (Å²) < 4.78 is 1.78. The monoisotopic (exact) mass is 399 g/mol. The van der Waals surface area contributed by atoms with Crippen molar-refractivity contribution in [1.82, 2.24) is 25.0 Å². The van der Waals surface area contributed by atoms with E-state index in [-0.39, 0.29) is 30.7 Å². The lowest BCUT2D eigenvalue weighted by atomic mass is 9.97. The minimum atomic E-state index is 0. The Kier molecular flexibility index (Phi) is 6.20. The van der Waals surface area contributed by atoms with Gasteiger partial charge in [-0.1, -0.05) is 0 Å². The predicted molar refractivity (Wildman–Crippen MR) is 108 cm³/mol. The predicted octanol–water partition coefficient (Wildman–Crippen LogP) is 2.78. The summed E-state index contributed by atoms with van der Waals surface area (Å²) in [6, 6.07) is 3.44. The van der Waals surface area contributed by atoms with Gasteiger partial charge in [-0.15, -0.1) is 24.8 Å². The first kappa shape index (κ1) is 20.9. The van der Waals surface area contributed by atoms with Crippen molar-refractivity contribution in [2.75, 3.05) is 7.05 Å². The zero-order valence-electron chi connectivity index (χ0n) is 15.7. The van der Waals surface area contributed by atoms with Crippen LogP contribution in [0.3, 0.4) is 0 Å². The Balaban J connectivity index is 0.00000121. The number of hydrogen-bond donors (Lipinski definition) is 1. The minimum Gasteiger partial charge on any atom is -0.339 e. The van der Waals surface area contributed by atoms with Crippen molar-refractivity contribution >= 4 is 41.8 Å². The largest absolute Gasteiger partial charge is 0.339 e. The number of pyridine rings is 1. The van der Waals surface area contributed by atoms with E-state index in [1.54, 1.807) is 4.68 Å². The molecule has 6 nitrogen and oxygen atoms in total. The van der Waals surface area contributed by atoms with Gasteiger partial charge < -0.3 is 10.2 Å². The van der Waals surface area contributed by atoms with Crippen molar-refractivity contribution < 1.29 is 4.79 Å². The molecule has 2 bridgehead atoms.